The van der Waals surface area contributed by atoms with Crippen molar-refractivity contribution in [3.63, 3.8) is 0 Å². The van der Waals surface area contributed by atoms with Gasteiger partial charge < -0.3 is 4.42 Å². The van der Waals surface area contributed by atoms with E-state index in [0.717, 1.165) is 0 Å². The van der Waals surface area contributed by atoms with Crippen molar-refractivity contribution >= 4 is 11.6 Å². The molecular weight excluding hydrogens is 303 g/mol. The van der Waals surface area contributed by atoms with Crippen molar-refractivity contribution in [2.75, 3.05) is 0 Å². The van der Waals surface area contributed by atoms with Crippen molar-refractivity contribution in [1.29, 1.82) is 10.5 Å². The lowest BCUT2D eigenvalue weighted by molar-refractivity contribution is 0.572. The molecule has 0 aliphatic heterocycles. The summed E-state index contributed by atoms with van der Waals surface area (Å²) >= 11 is 0. The van der Waals surface area contributed by atoms with E-state index in [1.54, 1.807) is 48.5 Å². The topological polar surface area (TPSA) is 60.7 Å². The molecule has 4 heteroatoms. The molecule has 0 amide bonds. The fourth-order valence-electron chi connectivity index (χ4n) is 2.32. The minimum absolute atomic E-state index is 0.357. The molecule has 0 saturated carbocycles. The Morgan fingerprint density at radius 2 is 1.71 bits per heavy atom. The van der Waals surface area contributed by atoms with Gasteiger partial charge in [0.2, 0.25) is 0 Å². The highest BCUT2D eigenvalue weighted by molar-refractivity contribution is 5.88. The molecule has 0 bridgehead atoms. The minimum Gasteiger partial charge on any atom is -0.457 e. The van der Waals surface area contributed by atoms with E-state index in [1.807, 2.05) is 6.07 Å². The van der Waals surface area contributed by atoms with Gasteiger partial charge in [0, 0.05) is 5.56 Å². The van der Waals surface area contributed by atoms with Crippen LogP contribution < -0.4 is 0 Å². The maximum absolute atomic E-state index is 13.0. The average molecular weight is 314 g/mol. The molecule has 1 heterocycles. The number of rotatable bonds is 3. The highest BCUT2D eigenvalue weighted by atomic mass is 19.1. The Morgan fingerprint density at radius 1 is 0.958 bits per heavy atom. The van der Waals surface area contributed by atoms with Gasteiger partial charge in [0.05, 0.1) is 23.3 Å². The molecule has 0 radical (unpaired) electrons. The van der Waals surface area contributed by atoms with Crippen molar-refractivity contribution in [2.45, 2.75) is 0 Å². The van der Waals surface area contributed by atoms with Crippen LogP contribution in [0.2, 0.25) is 0 Å². The highest BCUT2D eigenvalue weighted by Crippen LogP contribution is 2.27. The lowest BCUT2D eigenvalue weighted by Crippen LogP contribution is -1.82. The molecule has 0 aliphatic carbocycles. The third kappa shape index (κ3) is 3.09. The summed E-state index contributed by atoms with van der Waals surface area (Å²) in [5.41, 5.74) is 2.18. The monoisotopic (exact) mass is 314 g/mol. The Hall–Kier alpha value is -3.63. The van der Waals surface area contributed by atoms with Crippen LogP contribution in [-0.4, -0.2) is 0 Å². The van der Waals surface area contributed by atoms with E-state index < -0.39 is 0 Å². The molecule has 114 valence electrons. The number of halogens is 1. The summed E-state index contributed by atoms with van der Waals surface area (Å²) in [4.78, 5) is 0. The Bertz CT molecular complexity index is 985. The third-order valence-corrected chi connectivity index (χ3v) is 3.50. The predicted molar refractivity (Wildman–Crippen MR) is 88.7 cm³/mol. The molecule has 0 saturated heterocycles. The molecule has 24 heavy (non-hydrogen) atoms. The second-order valence-electron chi connectivity index (χ2n) is 5.04. The molecule has 1 aromatic heterocycles. The van der Waals surface area contributed by atoms with Crippen LogP contribution in [0.3, 0.4) is 0 Å². The first kappa shape index (κ1) is 15.3. The third-order valence-electron chi connectivity index (χ3n) is 3.50. The molecule has 0 spiro atoms. The Balaban J connectivity index is 1.97. The summed E-state index contributed by atoms with van der Waals surface area (Å²) in [6.07, 6.45) is 1.59. The van der Waals surface area contributed by atoms with Gasteiger partial charge in [-0.1, -0.05) is 24.3 Å². The summed E-state index contributed by atoms with van der Waals surface area (Å²) in [6, 6.07) is 20.5. The SMILES string of the molecule is N#CC(=Cc1ccc(-c2ccccc2C#N)o1)c1ccc(F)cc1. The lowest BCUT2D eigenvalue weighted by Gasteiger charge is -2.00. The van der Waals surface area contributed by atoms with Crippen molar-refractivity contribution in [3.05, 3.63) is 83.4 Å². The summed E-state index contributed by atoms with van der Waals surface area (Å²) in [5, 5.41) is 18.5. The van der Waals surface area contributed by atoms with Gasteiger partial charge in [-0.25, -0.2) is 4.39 Å². The van der Waals surface area contributed by atoms with Gasteiger partial charge in [0.1, 0.15) is 17.3 Å². The quantitative estimate of drug-likeness (QED) is 0.638. The van der Waals surface area contributed by atoms with Crippen LogP contribution in [0.15, 0.2) is 65.1 Å². The molecule has 0 unspecified atom stereocenters. The smallest absolute Gasteiger partial charge is 0.136 e. The van der Waals surface area contributed by atoms with E-state index in [-0.39, 0.29) is 5.82 Å². The van der Waals surface area contributed by atoms with Crippen molar-refractivity contribution in [3.8, 4) is 23.5 Å². The fourth-order valence-corrected chi connectivity index (χ4v) is 2.32. The van der Waals surface area contributed by atoms with Crippen LogP contribution >= 0.6 is 0 Å². The molecule has 0 fully saturated rings. The van der Waals surface area contributed by atoms with Crippen LogP contribution in [0.4, 0.5) is 4.39 Å². The molecule has 0 aliphatic rings. The zero-order chi connectivity index (χ0) is 16.9. The van der Waals surface area contributed by atoms with Crippen molar-refractivity contribution in [2.24, 2.45) is 0 Å². The average Bonchev–Trinajstić information content (AvgIpc) is 3.09. The molecule has 2 aromatic carbocycles. The van der Waals surface area contributed by atoms with Crippen molar-refractivity contribution in [1.82, 2.24) is 0 Å². The van der Waals surface area contributed by atoms with Gasteiger partial charge in [0.25, 0.3) is 0 Å². The maximum Gasteiger partial charge on any atom is 0.136 e. The normalized spacial score (nSPS) is 10.9. The first-order valence-electron chi connectivity index (χ1n) is 7.18. The molecule has 0 N–H and O–H groups in total. The number of furan rings is 1. The summed E-state index contributed by atoms with van der Waals surface area (Å²) in [5.74, 6) is 0.679. The van der Waals surface area contributed by atoms with E-state index in [4.69, 9.17) is 9.68 Å². The number of nitrogens with zero attached hydrogens (tertiary/aromatic N) is 2. The van der Waals surface area contributed by atoms with Crippen LogP contribution in [-0.2, 0) is 0 Å². The number of hydrogen-bond donors (Lipinski definition) is 0. The Kier molecular flexibility index (Phi) is 4.23. The maximum atomic E-state index is 13.0. The molecule has 3 nitrogen and oxygen atoms in total. The number of benzene rings is 2. The van der Waals surface area contributed by atoms with E-state index in [0.29, 0.717) is 33.8 Å². The van der Waals surface area contributed by atoms with Gasteiger partial charge in [-0.15, -0.1) is 0 Å². The summed E-state index contributed by atoms with van der Waals surface area (Å²) in [6.45, 7) is 0. The first-order valence-corrected chi connectivity index (χ1v) is 7.18. The predicted octanol–water partition coefficient (Wildman–Crippen LogP) is 5.02. The molecular formula is C20H11FN2O. The second kappa shape index (κ2) is 6.64. The van der Waals surface area contributed by atoms with Gasteiger partial charge in [-0.3, -0.25) is 0 Å². The standard InChI is InChI=1S/C20H11FN2O/c21-17-7-5-14(6-8-17)16(13-23)11-18-9-10-20(24-18)19-4-2-1-3-15(19)12-22/h1-11H. The fraction of sp³-hybridized carbons (Fsp3) is 0. The second-order valence-corrected chi connectivity index (χ2v) is 5.04. The van der Waals surface area contributed by atoms with Gasteiger partial charge in [-0.05, 0) is 48.0 Å². The van der Waals surface area contributed by atoms with Crippen LogP contribution in [0, 0.1) is 28.5 Å². The Labute approximate surface area is 138 Å². The summed E-state index contributed by atoms with van der Waals surface area (Å²) < 4.78 is 18.7. The number of nitriles is 2. The van der Waals surface area contributed by atoms with E-state index in [9.17, 15) is 9.65 Å². The van der Waals surface area contributed by atoms with Crippen LogP contribution in [0.5, 0.6) is 0 Å². The molecule has 3 rings (SSSR count). The molecule has 3 aromatic rings. The van der Waals surface area contributed by atoms with Gasteiger partial charge in [0.15, 0.2) is 0 Å². The van der Waals surface area contributed by atoms with E-state index >= 15 is 0 Å². The lowest BCUT2D eigenvalue weighted by atomic mass is 10.1. The zero-order valence-electron chi connectivity index (χ0n) is 12.5. The van der Waals surface area contributed by atoms with Crippen molar-refractivity contribution < 1.29 is 8.81 Å². The van der Waals surface area contributed by atoms with Gasteiger partial charge in [-0.2, -0.15) is 10.5 Å². The van der Waals surface area contributed by atoms with Gasteiger partial charge >= 0.3 is 0 Å². The number of allylic oxidation sites excluding steroid dienone is 1. The van der Waals surface area contributed by atoms with Crippen LogP contribution in [0.25, 0.3) is 23.0 Å². The highest BCUT2D eigenvalue weighted by Gasteiger charge is 2.09. The van der Waals surface area contributed by atoms with Crippen LogP contribution in [0.1, 0.15) is 16.9 Å². The summed E-state index contributed by atoms with van der Waals surface area (Å²) in [7, 11) is 0. The first-order chi connectivity index (χ1) is 11.7. The zero-order valence-corrected chi connectivity index (χ0v) is 12.5. The Morgan fingerprint density at radius 3 is 2.42 bits per heavy atom. The minimum atomic E-state index is -0.357. The van der Waals surface area contributed by atoms with E-state index in [1.165, 1.54) is 12.1 Å². The molecule has 0 atom stereocenters. The largest absolute Gasteiger partial charge is 0.457 e. The number of hydrogen-bond acceptors (Lipinski definition) is 3. The van der Waals surface area contributed by atoms with E-state index in [2.05, 4.69) is 12.1 Å².